The highest BCUT2D eigenvalue weighted by Crippen LogP contribution is 2.41. The molecule has 0 unspecified atom stereocenters. The third kappa shape index (κ3) is 1.33. The second-order valence-corrected chi connectivity index (χ2v) is 3.22. The molecule has 2 rings (SSSR count). The van der Waals surface area contributed by atoms with Crippen LogP contribution >= 0.6 is 0 Å². The number of aromatic carboxylic acids is 1. The van der Waals surface area contributed by atoms with Gasteiger partial charge < -0.3 is 5.11 Å². The monoisotopic (exact) mass is 192 g/mol. The molecule has 0 amide bonds. The van der Waals surface area contributed by atoms with Gasteiger partial charge in [0.1, 0.15) is 6.54 Å². The Bertz CT molecular complexity index is 413. The fraction of sp³-hybridized carbons (Fsp3) is 0.500. The topological polar surface area (TPSA) is 91.8 Å². The molecule has 1 aliphatic rings. The molecule has 0 atom stereocenters. The lowest BCUT2D eigenvalue weighted by atomic mass is 10.2. The van der Waals surface area contributed by atoms with Crippen molar-refractivity contribution in [2.75, 3.05) is 0 Å². The maximum absolute atomic E-state index is 10.8. The lowest BCUT2D eigenvalue weighted by Gasteiger charge is -1.99. The van der Waals surface area contributed by atoms with Crippen LogP contribution in [0.15, 0.2) is 0 Å². The Balaban J connectivity index is 2.42. The third-order valence-corrected chi connectivity index (χ3v) is 2.16. The van der Waals surface area contributed by atoms with Gasteiger partial charge in [0.15, 0.2) is 5.69 Å². The summed E-state index contributed by atoms with van der Waals surface area (Å²) in [6.07, 6.45) is 1.91. The van der Waals surface area contributed by atoms with Crippen LogP contribution in [0.1, 0.15) is 34.9 Å². The average molecular weight is 192 g/mol. The van der Waals surface area contributed by atoms with Gasteiger partial charge in [-0.3, -0.25) is 0 Å². The second-order valence-electron chi connectivity index (χ2n) is 3.22. The summed E-state index contributed by atoms with van der Waals surface area (Å²) >= 11 is 0. The van der Waals surface area contributed by atoms with Gasteiger partial charge in [-0.05, 0) is 12.8 Å². The minimum atomic E-state index is -1.07. The number of rotatable bonds is 3. The molecule has 1 saturated carbocycles. The van der Waals surface area contributed by atoms with Crippen molar-refractivity contribution in [3.8, 4) is 6.07 Å². The highest BCUT2D eigenvalue weighted by atomic mass is 16.4. The van der Waals surface area contributed by atoms with Crippen LogP contribution < -0.4 is 0 Å². The van der Waals surface area contributed by atoms with Crippen molar-refractivity contribution in [2.24, 2.45) is 0 Å². The van der Waals surface area contributed by atoms with Crippen LogP contribution in [0.4, 0.5) is 0 Å². The van der Waals surface area contributed by atoms with E-state index in [0.717, 1.165) is 12.8 Å². The van der Waals surface area contributed by atoms with Crippen molar-refractivity contribution in [1.29, 1.82) is 5.26 Å². The molecule has 6 nitrogen and oxygen atoms in total. The summed E-state index contributed by atoms with van der Waals surface area (Å²) < 4.78 is 1.38. The molecule has 1 N–H and O–H groups in total. The number of carbonyl (C=O) groups is 1. The highest BCUT2D eigenvalue weighted by molar-refractivity contribution is 5.86. The molecule has 0 radical (unpaired) electrons. The molecule has 1 aromatic heterocycles. The van der Waals surface area contributed by atoms with Gasteiger partial charge >= 0.3 is 5.97 Å². The Morgan fingerprint density at radius 1 is 1.71 bits per heavy atom. The Morgan fingerprint density at radius 3 is 2.93 bits per heavy atom. The predicted molar refractivity (Wildman–Crippen MR) is 44.6 cm³/mol. The Hall–Kier alpha value is -1.90. The van der Waals surface area contributed by atoms with Crippen LogP contribution in [0, 0.1) is 11.3 Å². The molecular formula is C8H8N4O2. The zero-order valence-electron chi connectivity index (χ0n) is 7.34. The maximum atomic E-state index is 10.8. The zero-order chi connectivity index (χ0) is 10.1. The molecule has 0 bridgehead atoms. The van der Waals surface area contributed by atoms with E-state index in [9.17, 15) is 4.79 Å². The molecule has 1 aromatic rings. The van der Waals surface area contributed by atoms with E-state index in [4.69, 9.17) is 10.4 Å². The number of hydrogen-bond acceptors (Lipinski definition) is 4. The Morgan fingerprint density at radius 2 is 2.43 bits per heavy atom. The first-order valence-corrected chi connectivity index (χ1v) is 4.27. The Labute approximate surface area is 79.8 Å². The van der Waals surface area contributed by atoms with Crippen molar-refractivity contribution in [1.82, 2.24) is 15.0 Å². The number of carboxylic acid groups (broad SMARTS) is 1. The Kier molecular flexibility index (Phi) is 1.93. The number of nitrogens with zero attached hydrogens (tertiary/aromatic N) is 4. The fourth-order valence-corrected chi connectivity index (χ4v) is 1.42. The van der Waals surface area contributed by atoms with Crippen molar-refractivity contribution in [2.45, 2.75) is 25.3 Å². The molecule has 1 heterocycles. The summed E-state index contributed by atoms with van der Waals surface area (Å²) in [7, 11) is 0. The van der Waals surface area contributed by atoms with Gasteiger partial charge in [0.25, 0.3) is 0 Å². The van der Waals surface area contributed by atoms with Crippen molar-refractivity contribution in [3.05, 3.63) is 11.4 Å². The SMILES string of the molecule is N#CCn1nnc(C(=O)O)c1C1CC1. The van der Waals surface area contributed by atoms with Crippen LogP contribution in [0.5, 0.6) is 0 Å². The number of nitriles is 1. The van der Waals surface area contributed by atoms with Gasteiger partial charge in [-0.2, -0.15) is 5.26 Å². The first-order valence-electron chi connectivity index (χ1n) is 4.27. The molecule has 1 fully saturated rings. The van der Waals surface area contributed by atoms with Crippen LogP contribution in [-0.4, -0.2) is 26.1 Å². The lowest BCUT2D eigenvalue weighted by molar-refractivity contribution is 0.0689. The molecule has 72 valence electrons. The molecule has 14 heavy (non-hydrogen) atoms. The number of hydrogen-bond donors (Lipinski definition) is 1. The minimum Gasteiger partial charge on any atom is -0.476 e. The van der Waals surface area contributed by atoms with E-state index in [2.05, 4.69) is 10.3 Å². The van der Waals surface area contributed by atoms with Gasteiger partial charge in [0, 0.05) is 5.92 Å². The van der Waals surface area contributed by atoms with Gasteiger partial charge in [0.2, 0.25) is 0 Å². The minimum absolute atomic E-state index is 0.0113. The van der Waals surface area contributed by atoms with Crippen molar-refractivity contribution in [3.63, 3.8) is 0 Å². The third-order valence-electron chi connectivity index (χ3n) is 2.16. The fourth-order valence-electron chi connectivity index (χ4n) is 1.42. The van der Waals surface area contributed by atoms with Crippen LogP contribution in [0.25, 0.3) is 0 Å². The number of aromatic nitrogens is 3. The van der Waals surface area contributed by atoms with Crippen LogP contribution in [0.3, 0.4) is 0 Å². The summed E-state index contributed by atoms with van der Waals surface area (Å²) in [6, 6.07) is 1.93. The lowest BCUT2D eigenvalue weighted by Crippen LogP contribution is -2.06. The summed E-state index contributed by atoms with van der Waals surface area (Å²) in [5, 5.41) is 24.5. The van der Waals surface area contributed by atoms with E-state index >= 15 is 0 Å². The van der Waals surface area contributed by atoms with Crippen molar-refractivity contribution < 1.29 is 9.90 Å². The van der Waals surface area contributed by atoms with Crippen LogP contribution in [0.2, 0.25) is 0 Å². The second kappa shape index (κ2) is 3.10. The molecular weight excluding hydrogens is 184 g/mol. The molecule has 0 aromatic carbocycles. The van der Waals surface area contributed by atoms with Crippen molar-refractivity contribution >= 4 is 5.97 Å². The van der Waals surface area contributed by atoms with Gasteiger partial charge in [-0.25, -0.2) is 9.48 Å². The van der Waals surface area contributed by atoms with Gasteiger partial charge in [-0.15, -0.1) is 5.10 Å². The van der Waals surface area contributed by atoms with E-state index < -0.39 is 5.97 Å². The van der Waals surface area contributed by atoms with E-state index in [0.29, 0.717) is 5.69 Å². The highest BCUT2D eigenvalue weighted by Gasteiger charge is 2.33. The molecule has 0 saturated heterocycles. The standard InChI is InChI=1S/C8H8N4O2/c9-3-4-12-7(5-1-2-5)6(8(13)14)10-11-12/h5H,1-2,4H2,(H,13,14). The number of carboxylic acids is 1. The first-order chi connectivity index (χ1) is 6.74. The first kappa shape index (κ1) is 8.69. The summed E-state index contributed by atoms with van der Waals surface area (Å²) in [4.78, 5) is 10.8. The molecule has 6 heteroatoms. The van der Waals surface area contributed by atoms with E-state index in [-0.39, 0.29) is 18.2 Å². The average Bonchev–Trinajstić information content (AvgIpc) is 2.88. The normalized spacial score (nSPS) is 15.1. The molecule has 0 spiro atoms. The summed E-state index contributed by atoms with van der Waals surface area (Å²) in [5.74, 6) is -0.847. The maximum Gasteiger partial charge on any atom is 0.358 e. The quantitative estimate of drug-likeness (QED) is 0.747. The van der Waals surface area contributed by atoms with E-state index in [1.807, 2.05) is 6.07 Å². The van der Waals surface area contributed by atoms with Crippen LogP contribution in [-0.2, 0) is 6.54 Å². The van der Waals surface area contributed by atoms with Gasteiger partial charge in [-0.1, -0.05) is 5.21 Å². The summed E-state index contributed by atoms with van der Waals surface area (Å²) in [6.45, 7) is 0.0616. The largest absolute Gasteiger partial charge is 0.476 e. The summed E-state index contributed by atoms with van der Waals surface area (Å²) in [5.41, 5.74) is 0.585. The predicted octanol–water partition coefficient (Wildman–Crippen LogP) is 0.377. The smallest absolute Gasteiger partial charge is 0.358 e. The molecule has 0 aliphatic heterocycles. The van der Waals surface area contributed by atoms with E-state index in [1.165, 1.54) is 4.68 Å². The van der Waals surface area contributed by atoms with Gasteiger partial charge in [0.05, 0.1) is 11.8 Å². The zero-order valence-corrected chi connectivity index (χ0v) is 7.34. The molecule has 1 aliphatic carbocycles. The van der Waals surface area contributed by atoms with E-state index in [1.54, 1.807) is 0 Å².